The number of aliphatic hydroxyl groups excluding tert-OH is 1. The van der Waals surface area contributed by atoms with Crippen molar-refractivity contribution in [2.24, 2.45) is 28.1 Å². The molecule has 0 aromatic heterocycles. The van der Waals surface area contributed by atoms with Gasteiger partial charge in [0.05, 0.1) is 12.6 Å². The fourth-order valence-corrected chi connectivity index (χ4v) is 3.34. The molecule has 0 spiro atoms. The fourth-order valence-electron chi connectivity index (χ4n) is 3.34. The Bertz CT molecular complexity index is 923. The molecule has 0 fully saturated rings. The van der Waals surface area contributed by atoms with Crippen LogP contribution in [0.25, 0.3) is 0 Å². The lowest BCUT2D eigenvalue weighted by Gasteiger charge is -2.25. The van der Waals surface area contributed by atoms with Gasteiger partial charge in [-0.15, -0.1) is 0 Å². The normalized spacial score (nSPS) is 14.8. The number of aliphatic imine (C=N–C) groups is 1. The molecule has 13 nitrogen and oxygen atoms in total. The predicted molar refractivity (Wildman–Crippen MR) is 138 cm³/mol. The van der Waals surface area contributed by atoms with Gasteiger partial charge in [0, 0.05) is 13.0 Å². The molecule has 0 aliphatic carbocycles. The van der Waals surface area contributed by atoms with Crippen molar-refractivity contribution in [2.45, 2.75) is 63.7 Å². The van der Waals surface area contributed by atoms with Crippen LogP contribution in [-0.4, -0.2) is 77.2 Å². The molecule has 0 bridgehead atoms. The molecular weight excluding hydrogens is 482 g/mol. The Morgan fingerprint density at radius 3 is 2.05 bits per heavy atom. The molecule has 206 valence electrons. The number of hydrogen-bond acceptors (Lipinski definition) is 7. The Morgan fingerprint density at radius 1 is 0.946 bits per heavy atom. The summed E-state index contributed by atoms with van der Waals surface area (Å²) in [5, 5.41) is 26.6. The van der Waals surface area contributed by atoms with Crippen molar-refractivity contribution in [1.82, 2.24) is 16.0 Å². The van der Waals surface area contributed by atoms with Crippen LogP contribution in [0.1, 0.15) is 38.7 Å². The lowest BCUT2D eigenvalue weighted by atomic mass is 9.99. The summed E-state index contributed by atoms with van der Waals surface area (Å²) < 4.78 is 0. The quantitative estimate of drug-likeness (QED) is 0.0694. The summed E-state index contributed by atoms with van der Waals surface area (Å²) in [7, 11) is 0. The lowest BCUT2D eigenvalue weighted by molar-refractivity contribution is -0.142. The number of carbonyl (C=O) groups is 4. The maximum atomic E-state index is 13.1. The fraction of sp³-hybridized carbons (Fsp3) is 0.542. The first-order valence-electron chi connectivity index (χ1n) is 12.1. The molecule has 1 aromatic rings. The van der Waals surface area contributed by atoms with E-state index in [-0.39, 0.29) is 31.3 Å². The number of aliphatic carboxylic acids is 1. The number of benzene rings is 1. The molecule has 0 aliphatic heterocycles. The van der Waals surface area contributed by atoms with Crippen LogP contribution in [0.3, 0.4) is 0 Å². The lowest BCUT2D eigenvalue weighted by Crippen LogP contribution is -2.59. The largest absolute Gasteiger partial charge is 0.480 e. The van der Waals surface area contributed by atoms with Gasteiger partial charge in [-0.3, -0.25) is 19.4 Å². The third-order valence-corrected chi connectivity index (χ3v) is 5.85. The van der Waals surface area contributed by atoms with E-state index in [2.05, 4.69) is 20.9 Å². The number of amides is 3. The van der Waals surface area contributed by atoms with Crippen molar-refractivity contribution in [2.75, 3.05) is 13.2 Å². The second-order valence-electron chi connectivity index (χ2n) is 8.75. The summed E-state index contributed by atoms with van der Waals surface area (Å²) in [6.07, 6.45) is 1.02. The summed E-state index contributed by atoms with van der Waals surface area (Å²) in [5.74, 6) is -3.72. The van der Waals surface area contributed by atoms with Gasteiger partial charge in [-0.05, 0) is 24.3 Å². The van der Waals surface area contributed by atoms with Crippen molar-refractivity contribution >= 4 is 29.7 Å². The van der Waals surface area contributed by atoms with Crippen LogP contribution in [0.15, 0.2) is 35.3 Å². The molecule has 0 heterocycles. The average molecular weight is 522 g/mol. The standard InChI is InChI=1S/C24H39N7O6/c1-3-14(2)19(25)22(35)31-18(13-32)21(34)30-17(12-15-8-5-4-6-9-15)20(33)29-16(23(36)37)10-7-11-28-24(26)27/h4-6,8-9,14,16-19,32H,3,7,10-13,25H2,1-2H3,(H,29,33)(H,30,34)(H,31,35)(H,36,37)(H4,26,27,28). The van der Waals surface area contributed by atoms with Crippen molar-refractivity contribution in [3.8, 4) is 0 Å². The summed E-state index contributed by atoms with van der Waals surface area (Å²) >= 11 is 0. The first kappa shape index (κ1) is 31.3. The Hall–Kier alpha value is -3.71. The summed E-state index contributed by atoms with van der Waals surface area (Å²) in [5.41, 5.74) is 17.1. The summed E-state index contributed by atoms with van der Waals surface area (Å²) in [6, 6.07) is 4.09. The molecule has 1 aromatic carbocycles. The van der Waals surface area contributed by atoms with E-state index >= 15 is 0 Å². The first-order chi connectivity index (χ1) is 17.5. The zero-order chi connectivity index (χ0) is 28.0. The van der Waals surface area contributed by atoms with Crippen LogP contribution in [0, 0.1) is 5.92 Å². The van der Waals surface area contributed by atoms with Gasteiger partial charge in [0.2, 0.25) is 17.7 Å². The van der Waals surface area contributed by atoms with Crippen LogP contribution in [0.2, 0.25) is 0 Å². The van der Waals surface area contributed by atoms with E-state index in [0.717, 1.165) is 0 Å². The van der Waals surface area contributed by atoms with Crippen molar-refractivity contribution in [1.29, 1.82) is 0 Å². The molecule has 0 saturated carbocycles. The SMILES string of the molecule is CCC(C)C(N)C(=O)NC(CO)C(=O)NC(Cc1ccccc1)C(=O)NC(CCCN=C(N)N)C(=O)O. The number of carboxylic acid groups (broad SMARTS) is 1. The maximum Gasteiger partial charge on any atom is 0.326 e. The molecule has 3 amide bonds. The Morgan fingerprint density at radius 2 is 1.51 bits per heavy atom. The summed E-state index contributed by atoms with van der Waals surface area (Å²) in [4.78, 5) is 53.9. The van der Waals surface area contributed by atoms with Crippen LogP contribution < -0.4 is 33.2 Å². The van der Waals surface area contributed by atoms with E-state index in [1.165, 1.54) is 0 Å². The number of guanidine groups is 1. The van der Waals surface area contributed by atoms with Gasteiger partial charge in [0.15, 0.2) is 5.96 Å². The number of carboxylic acids is 1. The van der Waals surface area contributed by atoms with Gasteiger partial charge < -0.3 is 43.4 Å². The molecule has 5 unspecified atom stereocenters. The smallest absolute Gasteiger partial charge is 0.326 e. The highest BCUT2D eigenvalue weighted by Gasteiger charge is 2.30. The Kier molecular flexibility index (Phi) is 13.6. The number of rotatable bonds is 16. The predicted octanol–water partition coefficient (Wildman–Crippen LogP) is -1.81. The van der Waals surface area contributed by atoms with Gasteiger partial charge in [0.1, 0.15) is 18.1 Å². The van der Waals surface area contributed by atoms with E-state index in [4.69, 9.17) is 17.2 Å². The van der Waals surface area contributed by atoms with E-state index in [0.29, 0.717) is 18.4 Å². The number of aliphatic hydroxyl groups is 1. The minimum absolute atomic E-state index is 0.0389. The third-order valence-electron chi connectivity index (χ3n) is 5.85. The highest BCUT2D eigenvalue weighted by molar-refractivity contribution is 5.94. The Labute approximate surface area is 216 Å². The molecule has 11 N–H and O–H groups in total. The Balaban J connectivity index is 3.00. The molecule has 5 atom stereocenters. The van der Waals surface area contributed by atoms with Gasteiger partial charge >= 0.3 is 5.97 Å². The molecule has 0 aliphatic rings. The van der Waals surface area contributed by atoms with Crippen molar-refractivity contribution in [3.05, 3.63) is 35.9 Å². The third kappa shape index (κ3) is 11.3. The zero-order valence-corrected chi connectivity index (χ0v) is 21.2. The average Bonchev–Trinajstić information content (AvgIpc) is 2.87. The number of hydrogen-bond donors (Lipinski definition) is 8. The minimum atomic E-state index is -1.36. The molecular formula is C24H39N7O6. The summed E-state index contributed by atoms with van der Waals surface area (Å²) in [6.45, 7) is 3.11. The van der Waals surface area contributed by atoms with E-state index in [1.54, 1.807) is 37.3 Å². The molecule has 0 radical (unpaired) electrons. The molecule has 0 saturated heterocycles. The zero-order valence-electron chi connectivity index (χ0n) is 21.2. The number of nitrogens with zero attached hydrogens (tertiary/aromatic N) is 1. The second-order valence-corrected chi connectivity index (χ2v) is 8.75. The van der Waals surface area contributed by atoms with Crippen molar-refractivity contribution < 1.29 is 29.4 Å². The topological polar surface area (TPSA) is 235 Å². The molecule has 13 heteroatoms. The van der Waals surface area contributed by atoms with Crippen LogP contribution >= 0.6 is 0 Å². The van der Waals surface area contributed by atoms with Crippen molar-refractivity contribution in [3.63, 3.8) is 0 Å². The van der Waals surface area contributed by atoms with Gasteiger partial charge in [-0.1, -0.05) is 50.6 Å². The molecule has 1 rings (SSSR count). The highest BCUT2D eigenvalue weighted by atomic mass is 16.4. The minimum Gasteiger partial charge on any atom is -0.480 e. The van der Waals surface area contributed by atoms with E-state index < -0.39 is 54.5 Å². The van der Waals surface area contributed by atoms with Gasteiger partial charge in [-0.2, -0.15) is 0 Å². The number of nitrogens with two attached hydrogens (primary N) is 3. The number of carbonyl (C=O) groups excluding carboxylic acids is 3. The monoisotopic (exact) mass is 521 g/mol. The van der Waals surface area contributed by atoms with Crippen LogP contribution in [0.4, 0.5) is 0 Å². The van der Waals surface area contributed by atoms with E-state index in [1.807, 2.05) is 6.92 Å². The van der Waals surface area contributed by atoms with Crippen LogP contribution in [-0.2, 0) is 25.6 Å². The van der Waals surface area contributed by atoms with Gasteiger partial charge in [-0.25, -0.2) is 4.79 Å². The van der Waals surface area contributed by atoms with Crippen LogP contribution in [0.5, 0.6) is 0 Å². The first-order valence-corrected chi connectivity index (χ1v) is 12.1. The maximum absolute atomic E-state index is 13.1. The molecule has 37 heavy (non-hydrogen) atoms. The second kappa shape index (κ2) is 16.1. The number of nitrogens with one attached hydrogen (secondary N) is 3. The van der Waals surface area contributed by atoms with Gasteiger partial charge in [0.25, 0.3) is 0 Å². The van der Waals surface area contributed by atoms with E-state index in [9.17, 15) is 29.4 Å². The highest BCUT2D eigenvalue weighted by Crippen LogP contribution is 2.08.